The van der Waals surface area contributed by atoms with E-state index in [2.05, 4.69) is 0 Å². The van der Waals surface area contributed by atoms with Gasteiger partial charge in [0.25, 0.3) is 0 Å². The Hall–Kier alpha value is -3.52. The first-order valence-electron chi connectivity index (χ1n) is 15.5. The largest absolute Gasteiger partial charge is 0.494 e. The number of ether oxygens (including phenoxy) is 5. The van der Waals surface area contributed by atoms with Crippen LogP contribution in [0.2, 0.25) is 5.02 Å². The maximum atomic E-state index is 12.5. The summed E-state index contributed by atoms with van der Waals surface area (Å²) in [5.41, 5.74) is 4.76. The summed E-state index contributed by atoms with van der Waals surface area (Å²) >= 11 is 6.67. The van der Waals surface area contributed by atoms with E-state index in [9.17, 15) is 4.79 Å². The van der Waals surface area contributed by atoms with Gasteiger partial charge in [0.1, 0.15) is 18.0 Å². The third-order valence-electron chi connectivity index (χ3n) is 7.66. The second kappa shape index (κ2) is 17.2. The maximum absolute atomic E-state index is 12.5. The summed E-state index contributed by atoms with van der Waals surface area (Å²) in [5.74, 6) is -0.428. The van der Waals surface area contributed by atoms with Crippen LogP contribution in [0.5, 0.6) is 5.75 Å². The lowest BCUT2D eigenvalue weighted by atomic mass is 9.89. The quantitative estimate of drug-likeness (QED) is 0.138. The molecule has 0 radical (unpaired) electrons. The number of halogens is 1. The van der Waals surface area contributed by atoms with Crippen molar-refractivity contribution in [2.45, 2.75) is 70.9 Å². The van der Waals surface area contributed by atoms with Crippen molar-refractivity contribution >= 4 is 17.9 Å². The Kier molecular flexibility index (Phi) is 13.2. The Balaban J connectivity index is 0.00000226. The van der Waals surface area contributed by atoms with E-state index in [1.807, 2.05) is 124 Å². The molecule has 4 aromatic carbocycles. The first-order valence-corrected chi connectivity index (χ1v) is 15.9. The summed E-state index contributed by atoms with van der Waals surface area (Å²) in [4.78, 5) is 12.5. The van der Waals surface area contributed by atoms with Crippen LogP contribution in [0.1, 0.15) is 55.0 Å². The van der Waals surface area contributed by atoms with Gasteiger partial charge in [-0.3, -0.25) is 0 Å². The number of aldehydes is 1. The van der Waals surface area contributed by atoms with Crippen molar-refractivity contribution in [3.8, 4) is 5.75 Å². The first-order chi connectivity index (χ1) is 22.0. The van der Waals surface area contributed by atoms with Crippen LogP contribution in [0.25, 0.3) is 0 Å². The molecule has 1 heterocycles. The van der Waals surface area contributed by atoms with Crippen molar-refractivity contribution in [3.05, 3.63) is 136 Å². The highest BCUT2D eigenvalue weighted by molar-refractivity contribution is 6.31. The summed E-state index contributed by atoms with van der Waals surface area (Å²) < 4.78 is 31.0. The second-order valence-electron chi connectivity index (χ2n) is 10.5. The fraction of sp³-hybridized carbons (Fsp3) is 0.342. The van der Waals surface area contributed by atoms with Crippen LogP contribution in [0, 0.1) is 0 Å². The fourth-order valence-corrected chi connectivity index (χ4v) is 5.59. The highest BCUT2D eigenvalue weighted by atomic mass is 35.5. The van der Waals surface area contributed by atoms with Gasteiger partial charge in [-0.2, -0.15) is 0 Å². The third kappa shape index (κ3) is 9.03. The molecule has 1 aliphatic rings. The van der Waals surface area contributed by atoms with Crippen LogP contribution in [0.3, 0.4) is 0 Å². The van der Waals surface area contributed by atoms with Gasteiger partial charge < -0.3 is 28.5 Å². The molecule has 0 aromatic heterocycles. The summed E-state index contributed by atoms with van der Waals surface area (Å²) in [5, 5.41) is 0.632. The summed E-state index contributed by atoms with van der Waals surface area (Å²) in [6.07, 6.45) is -0.378. The minimum absolute atomic E-state index is 0.310. The monoisotopic (exact) mass is 630 g/mol. The van der Waals surface area contributed by atoms with Gasteiger partial charge in [-0.05, 0) is 59.9 Å². The summed E-state index contributed by atoms with van der Waals surface area (Å²) in [7, 11) is 1.59. The zero-order chi connectivity index (χ0) is 32.1. The van der Waals surface area contributed by atoms with Gasteiger partial charge in [0.15, 0.2) is 12.1 Å². The molecule has 0 bridgehead atoms. The van der Waals surface area contributed by atoms with E-state index in [0.717, 1.165) is 39.9 Å². The highest BCUT2D eigenvalue weighted by Crippen LogP contribution is 2.42. The average Bonchev–Trinajstić information content (AvgIpc) is 3.10. The molecule has 45 heavy (non-hydrogen) atoms. The minimum atomic E-state index is -1.25. The number of carbonyl (C=O) groups excluding carboxylic acids is 1. The number of hydrogen-bond acceptors (Lipinski definition) is 6. The van der Waals surface area contributed by atoms with Crippen molar-refractivity contribution < 1.29 is 28.5 Å². The van der Waals surface area contributed by atoms with Crippen molar-refractivity contribution in [3.63, 3.8) is 0 Å². The predicted octanol–water partition coefficient (Wildman–Crippen LogP) is 8.31. The fourth-order valence-electron chi connectivity index (χ4n) is 5.41. The van der Waals surface area contributed by atoms with Crippen LogP contribution in [-0.2, 0) is 49.2 Å². The Labute approximate surface area is 272 Å². The van der Waals surface area contributed by atoms with Crippen LogP contribution >= 0.6 is 11.6 Å². The topological polar surface area (TPSA) is 63.2 Å². The Morgan fingerprint density at radius 2 is 1.47 bits per heavy atom. The molecule has 0 saturated carbocycles. The van der Waals surface area contributed by atoms with Crippen LogP contribution < -0.4 is 4.74 Å². The van der Waals surface area contributed by atoms with E-state index >= 15 is 0 Å². The molecule has 7 heteroatoms. The Morgan fingerprint density at radius 3 is 2.04 bits per heavy atom. The van der Waals surface area contributed by atoms with Crippen molar-refractivity contribution in [1.82, 2.24) is 0 Å². The van der Waals surface area contributed by atoms with Gasteiger partial charge in [0.2, 0.25) is 0 Å². The normalized spacial score (nSPS) is 21.0. The van der Waals surface area contributed by atoms with Gasteiger partial charge in [-0.25, -0.2) is 0 Å². The van der Waals surface area contributed by atoms with E-state index in [1.54, 1.807) is 7.11 Å². The SMILES string of the molecule is CC.CCOc1ccc(Cc2cc([C@@]3(OC)CC(OCc4ccccc4)[C@H](OCc4ccccc4)C(C=O)O3)ccc2Cl)cc1. The van der Waals surface area contributed by atoms with E-state index in [0.29, 0.717) is 37.7 Å². The number of carbonyl (C=O) groups is 1. The van der Waals surface area contributed by atoms with E-state index in [-0.39, 0.29) is 0 Å². The highest BCUT2D eigenvalue weighted by Gasteiger charge is 2.50. The minimum Gasteiger partial charge on any atom is -0.494 e. The smallest absolute Gasteiger partial charge is 0.198 e. The second-order valence-corrected chi connectivity index (χ2v) is 10.9. The molecule has 0 spiro atoms. The lowest BCUT2D eigenvalue weighted by molar-refractivity contribution is -0.321. The average molecular weight is 631 g/mol. The van der Waals surface area contributed by atoms with E-state index < -0.39 is 24.1 Å². The maximum Gasteiger partial charge on any atom is 0.198 e. The van der Waals surface area contributed by atoms with Crippen molar-refractivity contribution in [2.24, 2.45) is 0 Å². The molecule has 0 N–H and O–H groups in total. The van der Waals surface area contributed by atoms with Gasteiger partial charge in [-0.15, -0.1) is 0 Å². The molecule has 238 valence electrons. The molecule has 4 atom stereocenters. The molecule has 4 aromatic rings. The predicted molar refractivity (Wildman–Crippen MR) is 177 cm³/mol. The standard InChI is InChI=1S/C36H37ClO6.C2H6/c1-3-40-31-17-14-26(15-18-31)20-29-21-30(16-19-32(29)37)36(39-2)22-33(41-24-27-10-6-4-7-11-27)35(34(23-38)43-36)42-25-28-12-8-5-9-13-28;1-2/h4-19,21,23,33-35H,3,20,22,24-25H2,1-2H3;1-2H3/t33?,34?,35-,36+;/m0./s1. The molecule has 1 saturated heterocycles. The molecule has 1 fully saturated rings. The zero-order valence-corrected chi connectivity index (χ0v) is 27.2. The molecular formula is C38H43ClO6. The van der Waals surface area contributed by atoms with Gasteiger partial charge in [0.05, 0.1) is 25.9 Å². The number of benzene rings is 4. The van der Waals surface area contributed by atoms with Gasteiger partial charge >= 0.3 is 0 Å². The van der Waals surface area contributed by atoms with Crippen LogP contribution in [0.15, 0.2) is 103 Å². The van der Waals surface area contributed by atoms with Crippen LogP contribution in [-0.4, -0.2) is 38.3 Å². The summed E-state index contributed by atoms with van der Waals surface area (Å²) in [6.45, 7) is 7.24. The molecule has 1 aliphatic heterocycles. The Morgan fingerprint density at radius 1 is 0.844 bits per heavy atom. The van der Waals surface area contributed by atoms with Crippen LogP contribution in [0.4, 0.5) is 0 Å². The van der Waals surface area contributed by atoms with E-state index in [4.69, 9.17) is 35.3 Å². The van der Waals surface area contributed by atoms with E-state index in [1.165, 1.54) is 0 Å². The lowest BCUT2D eigenvalue weighted by Gasteiger charge is -2.46. The molecular weight excluding hydrogens is 588 g/mol. The molecule has 2 unspecified atom stereocenters. The molecule has 0 aliphatic carbocycles. The molecule has 5 rings (SSSR count). The lowest BCUT2D eigenvalue weighted by Crippen LogP contribution is -2.56. The number of hydrogen-bond donors (Lipinski definition) is 0. The number of methoxy groups -OCH3 is 1. The summed E-state index contributed by atoms with van der Waals surface area (Å²) in [6, 6.07) is 33.4. The van der Waals surface area contributed by atoms with Gasteiger partial charge in [0, 0.05) is 24.1 Å². The van der Waals surface area contributed by atoms with Crippen molar-refractivity contribution in [1.29, 1.82) is 0 Å². The molecule has 6 nitrogen and oxygen atoms in total. The molecule has 0 amide bonds. The Bertz CT molecular complexity index is 1450. The first kappa shape index (κ1) is 34.4. The van der Waals surface area contributed by atoms with Crippen molar-refractivity contribution in [2.75, 3.05) is 13.7 Å². The van der Waals surface area contributed by atoms with Gasteiger partial charge in [-0.1, -0.05) is 104 Å². The third-order valence-corrected chi connectivity index (χ3v) is 8.03. The zero-order valence-electron chi connectivity index (χ0n) is 26.5. The number of rotatable bonds is 13.